The number of nitro benzene ring substituents is 1. The summed E-state index contributed by atoms with van der Waals surface area (Å²) in [7, 11) is 0. The Kier molecular flexibility index (Phi) is 7.65. The summed E-state index contributed by atoms with van der Waals surface area (Å²) in [5.41, 5.74) is 0.848. The summed E-state index contributed by atoms with van der Waals surface area (Å²) in [5.74, 6) is -1.93. The second-order valence-electron chi connectivity index (χ2n) is 6.62. The summed E-state index contributed by atoms with van der Waals surface area (Å²) in [5, 5.41) is 25.2. The number of hydrogen-bond acceptors (Lipinski definition) is 6. The first kappa shape index (κ1) is 23.8. The Morgan fingerprint density at radius 1 is 0.970 bits per heavy atom. The van der Waals surface area contributed by atoms with Crippen molar-refractivity contribution in [3.05, 3.63) is 93.0 Å². The zero-order valence-electron chi connectivity index (χ0n) is 16.8. The van der Waals surface area contributed by atoms with Crippen LogP contribution < -0.4 is 10.6 Å². The zero-order valence-corrected chi connectivity index (χ0v) is 18.4. The Morgan fingerprint density at radius 3 is 2.33 bits per heavy atom. The summed E-state index contributed by atoms with van der Waals surface area (Å²) in [4.78, 5) is 46.7. The van der Waals surface area contributed by atoms with Gasteiger partial charge in [-0.15, -0.1) is 11.8 Å². The molecule has 0 atom stereocenters. The van der Waals surface area contributed by atoms with Crippen LogP contribution in [0.25, 0.3) is 0 Å². The van der Waals surface area contributed by atoms with E-state index in [0.717, 1.165) is 0 Å². The minimum atomic E-state index is -1.20. The van der Waals surface area contributed by atoms with Crippen LogP contribution in [0.2, 0.25) is 5.02 Å². The lowest BCUT2D eigenvalue weighted by Crippen LogP contribution is -2.14. The smallest absolute Gasteiger partial charge is 0.337 e. The number of amides is 2. The third-order valence-electron chi connectivity index (χ3n) is 4.28. The third kappa shape index (κ3) is 6.55. The number of carboxylic acid groups (broad SMARTS) is 1. The van der Waals surface area contributed by atoms with Gasteiger partial charge in [-0.05, 0) is 48.5 Å². The van der Waals surface area contributed by atoms with E-state index in [4.69, 9.17) is 16.7 Å². The standard InChI is InChI=1S/C22H16ClN3O6S/c23-19-9-6-15(11-18(19)22(29)30)24-20(27)12-33-17-3-1-2-14(10-17)25-21(28)13-4-7-16(8-5-13)26(31)32/h1-11H,12H2,(H,24,27)(H,25,28)(H,29,30). The average molecular weight is 486 g/mol. The highest BCUT2D eigenvalue weighted by Crippen LogP contribution is 2.24. The van der Waals surface area contributed by atoms with Crippen molar-refractivity contribution in [2.45, 2.75) is 4.90 Å². The molecule has 3 aromatic rings. The molecule has 0 heterocycles. The molecule has 3 rings (SSSR count). The quantitative estimate of drug-likeness (QED) is 0.233. The maximum atomic E-state index is 12.4. The lowest BCUT2D eigenvalue weighted by molar-refractivity contribution is -0.384. The number of halogens is 1. The van der Waals surface area contributed by atoms with Crippen molar-refractivity contribution in [2.75, 3.05) is 16.4 Å². The Labute approximate surface area is 196 Å². The first-order valence-corrected chi connectivity index (χ1v) is 10.7. The van der Waals surface area contributed by atoms with E-state index in [9.17, 15) is 24.5 Å². The number of anilines is 2. The van der Waals surface area contributed by atoms with Gasteiger partial charge in [0.1, 0.15) is 0 Å². The first-order chi connectivity index (χ1) is 15.7. The minimum absolute atomic E-state index is 0.0464. The Balaban J connectivity index is 1.58. The fraction of sp³-hybridized carbons (Fsp3) is 0.0455. The van der Waals surface area contributed by atoms with E-state index in [-0.39, 0.29) is 33.5 Å². The third-order valence-corrected chi connectivity index (χ3v) is 5.61. The molecule has 0 aromatic heterocycles. The van der Waals surface area contributed by atoms with Crippen LogP contribution in [0.4, 0.5) is 17.1 Å². The number of non-ortho nitro benzene ring substituents is 1. The van der Waals surface area contributed by atoms with Crippen molar-refractivity contribution in [2.24, 2.45) is 0 Å². The van der Waals surface area contributed by atoms with Gasteiger partial charge in [0.05, 0.1) is 21.3 Å². The van der Waals surface area contributed by atoms with Gasteiger partial charge in [0.2, 0.25) is 5.91 Å². The van der Waals surface area contributed by atoms with Crippen LogP contribution in [0.1, 0.15) is 20.7 Å². The predicted molar refractivity (Wildman–Crippen MR) is 125 cm³/mol. The van der Waals surface area contributed by atoms with E-state index < -0.39 is 16.8 Å². The number of nitrogens with zero attached hydrogens (tertiary/aromatic N) is 1. The maximum Gasteiger partial charge on any atom is 0.337 e. The van der Waals surface area contributed by atoms with Crippen LogP contribution in [0.15, 0.2) is 71.6 Å². The van der Waals surface area contributed by atoms with E-state index in [0.29, 0.717) is 16.3 Å². The fourth-order valence-corrected chi connectivity index (χ4v) is 3.67. The molecule has 0 aliphatic rings. The molecule has 11 heteroatoms. The highest BCUT2D eigenvalue weighted by molar-refractivity contribution is 8.00. The molecule has 0 aliphatic carbocycles. The van der Waals surface area contributed by atoms with E-state index in [1.807, 2.05) is 0 Å². The second-order valence-corrected chi connectivity index (χ2v) is 8.08. The number of rotatable bonds is 8. The molecule has 9 nitrogen and oxygen atoms in total. The molecule has 0 spiro atoms. The van der Waals surface area contributed by atoms with Crippen molar-refractivity contribution in [3.63, 3.8) is 0 Å². The molecule has 3 aromatic carbocycles. The van der Waals surface area contributed by atoms with Crippen LogP contribution >= 0.6 is 23.4 Å². The number of benzene rings is 3. The summed E-state index contributed by atoms with van der Waals surface area (Å²) >= 11 is 7.05. The van der Waals surface area contributed by atoms with E-state index in [1.54, 1.807) is 24.3 Å². The SMILES string of the molecule is O=C(CSc1cccc(NC(=O)c2ccc([N+](=O)[O-])cc2)c1)Nc1ccc(Cl)c(C(=O)O)c1. The highest BCUT2D eigenvalue weighted by atomic mass is 35.5. The van der Waals surface area contributed by atoms with Crippen molar-refractivity contribution in [1.29, 1.82) is 0 Å². The molecule has 0 aliphatic heterocycles. The maximum absolute atomic E-state index is 12.4. The topological polar surface area (TPSA) is 139 Å². The molecule has 2 amide bonds. The number of aromatic carboxylic acids is 1. The summed E-state index contributed by atoms with van der Waals surface area (Å²) < 4.78 is 0. The monoisotopic (exact) mass is 485 g/mol. The van der Waals surface area contributed by atoms with Crippen LogP contribution in [0, 0.1) is 10.1 Å². The van der Waals surface area contributed by atoms with Crippen molar-refractivity contribution < 1.29 is 24.4 Å². The molecule has 0 unspecified atom stereocenters. The molecule has 0 saturated carbocycles. The lowest BCUT2D eigenvalue weighted by atomic mass is 10.2. The number of carboxylic acids is 1. The van der Waals surface area contributed by atoms with Gasteiger partial charge in [-0.3, -0.25) is 19.7 Å². The summed E-state index contributed by atoms with van der Waals surface area (Å²) in [6.45, 7) is 0. The lowest BCUT2D eigenvalue weighted by Gasteiger charge is -2.09. The van der Waals surface area contributed by atoms with Gasteiger partial charge in [0, 0.05) is 34.0 Å². The van der Waals surface area contributed by atoms with Gasteiger partial charge < -0.3 is 15.7 Å². The molecule has 0 saturated heterocycles. The minimum Gasteiger partial charge on any atom is -0.478 e. The number of thioether (sulfide) groups is 1. The van der Waals surface area contributed by atoms with Crippen LogP contribution in [-0.4, -0.2) is 33.6 Å². The number of carbonyl (C=O) groups excluding carboxylic acids is 2. The molecule has 0 radical (unpaired) electrons. The van der Waals surface area contributed by atoms with Gasteiger partial charge in [0.25, 0.3) is 11.6 Å². The molecule has 0 fully saturated rings. The largest absolute Gasteiger partial charge is 0.478 e. The Bertz CT molecular complexity index is 1230. The second kappa shape index (κ2) is 10.6. The van der Waals surface area contributed by atoms with E-state index >= 15 is 0 Å². The molecule has 168 valence electrons. The normalized spacial score (nSPS) is 10.3. The zero-order chi connectivity index (χ0) is 24.0. The van der Waals surface area contributed by atoms with Crippen molar-refractivity contribution in [3.8, 4) is 0 Å². The van der Waals surface area contributed by atoms with Crippen LogP contribution in [0.3, 0.4) is 0 Å². The molecule has 3 N–H and O–H groups in total. The Morgan fingerprint density at radius 2 is 1.67 bits per heavy atom. The van der Waals surface area contributed by atoms with Gasteiger partial charge in [-0.2, -0.15) is 0 Å². The fourth-order valence-electron chi connectivity index (χ4n) is 2.71. The summed E-state index contributed by atoms with van der Waals surface area (Å²) in [6.07, 6.45) is 0. The number of hydrogen-bond donors (Lipinski definition) is 3. The van der Waals surface area contributed by atoms with Gasteiger partial charge >= 0.3 is 5.97 Å². The van der Waals surface area contributed by atoms with Gasteiger partial charge in [-0.1, -0.05) is 17.7 Å². The number of nitrogens with one attached hydrogen (secondary N) is 2. The van der Waals surface area contributed by atoms with Crippen LogP contribution in [0.5, 0.6) is 0 Å². The summed E-state index contributed by atoms with van der Waals surface area (Å²) in [6, 6.07) is 16.2. The van der Waals surface area contributed by atoms with Crippen molar-refractivity contribution in [1.82, 2.24) is 0 Å². The Hall–Kier alpha value is -3.89. The molecular formula is C22H16ClN3O6S. The predicted octanol–water partition coefficient (Wildman–Crippen LogP) is 4.93. The number of nitro groups is 1. The average Bonchev–Trinajstić information content (AvgIpc) is 2.79. The molecular weight excluding hydrogens is 470 g/mol. The van der Waals surface area contributed by atoms with E-state index in [1.165, 1.54) is 54.2 Å². The molecule has 33 heavy (non-hydrogen) atoms. The first-order valence-electron chi connectivity index (χ1n) is 9.34. The van der Waals surface area contributed by atoms with Gasteiger partial charge in [-0.25, -0.2) is 4.79 Å². The van der Waals surface area contributed by atoms with Crippen molar-refractivity contribution >= 4 is 58.2 Å². The van der Waals surface area contributed by atoms with E-state index in [2.05, 4.69) is 10.6 Å². The molecule has 0 bridgehead atoms. The van der Waals surface area contributed by atoms with Gasteiger partial charge in [0.15, 0.2) is 0 Å². The number of carbonyl (C=O) groups is 3. The van der Waals surface area contributed by atoms with Crippen LogP contribution in [-0.2, 0) is 4.79 Å². The highest BCUT2D eigenvalue weighted by Gasteiger charge is 2.12.